The molecular weight excluding hydrogens is 408 g/mol. The van der Waals surface area contributed by atoms with Crippen molar-refractivity contribution < 1.29 is 19.4 Å². The lowest BCUT2D eigenvalue weighted by atomic mass is 9.98. The highest BCUT2D eigenvalue weighted by molar-refractivity contribution is 6.28. The van der Waals surface area contributed by atoms with Crippen LogP contribution in [0, 0.1) is 12.3 Å². The van der Waals surface area contributed by atoms with E-state index >= 15 is 0 Å². The Hall–Kier alpha value is -3.12. The fourth-order valence-corrected chi connectivity index (χ4v) is 3.76. The van der Waals surface area contributed by atoms with Crippen LogP contribution in [-0.4, -0.2) is 43.9 Å². The quantitative estimate of drug-likeness (QED) is 0.365. The van der Waals surface area contributed by atoms with Crippen molar-refractivity contribution in [2.24, 2.45) is 0 Å². The SMILES string of the molecule is C#C[C@]1(CO)O[C@@H](n2ccc3c(N)nc(Cl)nc32)C[C@@H]1OC(=O)Cc1ccccc1. The van der Waals surface area contributed by atoms with E-state index in [1.807, 2.05) is 30.3 Å². The fourth-order valence-electron chi connectivity index (χ4n) is 3.59. The number of ether oxygens (including phenoxy) is 2. The second kappa shape index (κ2) is 7.95. The van der Waals surface area contributed by atoms with Crippen LogP contribution in [0.3, 0.4) is 0 Å². The molecule has 1 aliphatic heterocycles. The Labute approximate surface area is 177 Å². The van der Waals surface area contributed by atoms with Gasteiger partial charge >= 0.3 is 5.97 Å². The molecule has 0 radical (unpaired) electrons. The molecule has 0 amide bonds. The van der Waals surface area contributed by atoms with Crippen molar-refractivity contribution in [2.45, 2.75) is 30.8 Å². The van der Waals surface area contributed by atoms with E-state index in [0.717, 1.165) is 5.56 Å². The summed E-state index contributed by atoms with van der Waals surface area (Å²) in [5.41, 5.74) is 5.70. The number of aliphatic hydroxyl groups excluding tert-OH is 1. The molecule has 0 unspecified atom stereocenters. The first-order valence-corrected chi connectivity index (χ1v) is 9.63. The molecule has 3 atom stereocenters. The number of rotatable bonds is 5. The number of esters is 1. The van der Waals surface area contributed by atoms with Crippen molar-refractivity contribution >= 4 is 34.4 Å². The van der Waals surface area contributed by atoms with Gasteiger partial charge < -0.3 is 24.9 Å². The average molecular weight is 427 g/mol. The second-order valence-corrected chi connectivity index (χ2v) is 7.32. The zero-order valence-corrected chi connectivity index (χ0v) is 16.6. The van der Waals surface area contributed by atoms with Crippen LogP contribution in [0.4, 0.5) is 5.82 Å². The number of hydrogen-bond acceptors (Lipinski definition) is 7. The first-order chi connectivity index (χ1) is 14.5. The molecule has 0 spiro atoms. The summed E-state index contributed by atoms with van der Waals surface area (Å²) in [6.45, 7) is -0.514. The lowest BCUT2D eigenvalue weighted by molar-refractivity contribution is -0.158. The van der Waals surface area contributed by atoms with Crippen LogP contribution < -0.4 is 5.73 Å². The van der Waals surface area contributed by atoms with Crippen LogP contribution in [-0.2, 0) is 20.7 Å². The first kappa shape index (κ1) is 20.2. The van der Waals surface area contributed by atoms with Crippen molar-refractivity contribution in [3.63, 3.8) is 0 Å². The molecule has 4 rings (SSSR count). The first-order valence-electron chi connectivity index (χ1n) is 9.25. The highest BCUT2D eigenvalue weighted by Gasteiger charge is 2.51. The highest BCUT2D eigenvalue weighted by atomic mass is 35.5. The van der Waals surface area contributed by atoms with Gasteiger partial charge in [0.25, 0.3) is 0 Å². The zero-order valence-electron chi connectivity index (χ0n) is 15.9. The van der Waals surface area contributed by atoms with Gasteiger partial charge in [0, 0.05) is 12.6 Å². The van der Waals surface area contributed by atoms with Crippen LogP contribution in [0.2, 0.25) is 5.28 Å². The van der Waals surface area contributed by atoms with E-state index < -0.39 is 30.5 Å². The van der Waals surface area contributed by atoms with E-state index in [4.69, 9.17) is 33.2 Å². The lowest BCUT2D eigenvalue weighted by Gasteiger charge is -2.26. The Morgan fingerprint density at radius 1 is 1.40 bits per heavy atom. The summed E-state index contributed by atoms with van der Waals surface area (Å²) in [7, 11) is 0. The molecule has 0 bridgehead atoms. The minimum Gasteiger partial charge on any atom is -0.458 e. The third-order valence-electron chi connectivity index (χ3n) is 5.11. The molecule has 30 heavy (non-hydrogen) atoms. The van der Waals surface area contributed by atoms with Gasteiger partial charge in [-0.15, -0.1) is 6.42 Å². The number of aliphatic hydroxyl groups is 1. The summed E-state index contributed by atoms with van der Waals surface area (Å²) in [5.74, 6) is 2.23. The number of hydrogen-bond donors (Lipinski definition) is 2. The highest BCUT2D eigenvalue weighted by Crippen LogP contribution is 2.40. The van der Waals surface area contributed by atoms with E-state index in [1.54, 1.807) is 16.8 Å². The van der Waals surface area contributed by atoms with Crippen LogP contribution in [0.1, 0.15) is 18.2 Å². The molecule has 8 nitrogen and oxygen atoms in total. The predicted octanol–water partition coefficient (Wildman–Crippen LogP) is 2.10. The van der Waals surface area contributed by atoms with E-state index in [-0.39, 0.29) is 23.9 Å². The molecule has 1 aliphatic rings. The standard InChI is InChI=1S/C21H19ClN4O4/c1-2-21(12-27)15(29-17(28)10-13-6-4-3-5-7-13)11-16(30-21)26-9-8-14-18(23)24-20(22)25-19(14)26/h1,3-9,15-16,27H,10-12H2,(H2,23,24,25)/t15-,16+,21+/m0/s1. The number of halogens is 1. The Morgan fingerprint density at radius 2 is 2.17 bits per heavy atom. The Kier molecular flexibility index (Phi) is 5.35. The fraction of sp³-hybridized carbons (Fsp3) is 0.286. The van der Waals surface area contributed by atoms with Gasteiger partial charge in [0.15, 0.2) is 5.60 Å². The topological polar surface area (TPSA) is 112 Å². The summed E-state index contributed by atoms with van der Waals surface area (Å²) in [5, 5.41) is 10.6. The van der Waals surface area contributed by atoms with Crippen molar-refractivity contribution in [1.82, 2.24) is 14.5 Å². The summed E-state index contributed by atoms with van der Waals surface area (Å²) in [4.78, 5) is 20.6. The molecule has 154 valence electrons. The summed E-state index contributed by atoms with van der Waals surface area (Å²) < 4.78 is 13.3. The van der Waals surface area contributed by atoms with Gasteiger partial charge in [-0.25, -0.2) is 4.98 Å². The number of terminal acetylenes is 1. The summed E-state index contributed by atoms with van der Waals surface area (Å²) in [6.07, 6.45) is 6.19. The van der Waals surface area contributed by atoms with Gasteiger partial charge in [-0.1, -0.05) is 36.3 Å². The normalized spacial score (nSPS) is 23.4. The number of nitrogen functional groups attached to an aromatic ring is 1. The number of fused-ring (bicyclic) bond motifs is 1. The minimum absolute atomic E-state index is 0.00541. The van der Waals surface area contributed by atoms with Crippen molar-refractivity contribution in [3.05, 3.63) is 53.4 Å². The predicted molar refractivity (Wildman–Crippen MR) is 110 cm³/mol. The van der Waals surface area contributed by atoms with Crippen LogP contribution >= 0.6 is 11.6 Å². The number of benzene rings is 1. The van der Waals surface area contributed by atoms with E-state index in [0.29, 0.717) is 11.0 Å². The monoisotopic (exact) mass is 426 g/mol. The van der Waals surface area contributed by atoms with Gasteiger partial charge in [0.05, 0.1) is 18.4 Å². The van der Waals surface area contributed by atoms with Gasteiger partial charge in [0.1, 0.15) is 23.8 Å². The van der Waals surface area contributed by atoms with Gasteiger partial charge in [0.2, 0.25) is 5.28 Å². The van der Waals surface area contributed by atoms with Crippen molar-refractivity contribution in [1.29, 1.82) is 0 Å². The summed E-state index contributed by atoms with van der Waals surface area (Å²) >= 11 is 5.95. The third-order valence-corrected chi connectivity index (χ3v) is 5.28. The molecule has 3 heterocycles. The molecule has 1 fully saturated rings. The molecule has 3 aromatic rings. The van der Waals surface area contributed by atoms with Crippen LogP contribution in [0.15, 0.2) is 42.6 Å². The largest absolute Gasteiger partial charge is 0.458 e. The van der Waals surface area contributed by atoms with E-state index in [1.165, 1.54) is 0 Å². The number of anilines is 1. The minimum atomic E-state index is -1.48. The number of aromatic nitrogens is 3. The molecule has 3 N–H and O–H groups in total. The Balaban J connectivity index is 1.60. The number of carbonyl (C=O) groups excluding carboxylic acids is 1. The average Bonchev–Trinajstić information content (AvgIpc) is 3.30. The molecular formula is C21H19ClN4O4. The molecule has 9 heteroatoms. The lowest BCUT2D eigenvalue weighted by Crippen LogP contribution is -2.44. The van der Waals surface area contributed by atoms with E-state index in [9.17, 15) is 9.90 Å². The van der Waals surface area contributed by atoms with Crippen LogP contribution in [0.5, 0.6) is 0 Å². The summed E-state index contributed by atoms with van der Waals surface area (Å²) in [6, 6.07) is 10.9. The Morgan fingerprint density at radius 3 is 2.87 bits per heavy atom. The third kappa shape index (κ3) is 3.59. The number of nitrogens with two attached hydrogens (primary N) is 1. The number of carbonyl (C=O) groups is 1. The molecule has 0 aliphatic carbocycles. The maximum atomic E-state index is 12.5. The molecule has 0 saturated carbocycles. The van der Waals surface area contributed by atoms with Crippen molar-refractivity contribution in [2.75, 3.05) is 12.3 Å². The molecule has 1 aromatic carbocycles. The van der Waals surface area contributed by atoms with Crippen molar-refractivity contribution in [3.8, 4) is 12.3 Å². The Bertz CT molecular complexity index is 1130. The maximum Gasteiger partial charge on any atom is 0.310 e. The number of nitrogens with zero attached hydrogens (tertiary/aromatic N) is 3. The zero-order chi connectivity index (χ0) is 21.3. The molecule has 1 saturated heterocycles. The smallest absolute Gasteiger partial charge is 0.310 e. The van der Waals surface area contributed by atoms with E-state index in [2.05, 4.69) is 15.9 Å². The van der Waals surface area contributed by atoms with Gasteiger partial charge in [-0.3, -0.25) is 4.79 Å². The second-order valence-electron chi connectivity index (χ2n) is 6.98. The molecule has 2 aromatic heterocycles. The van der Waals surface area contributed by atoms with Crippen LogP contribution in [0.25, 0.3) is 11.0 Å². The van der Waals surface area contributed by atoms with Gasteiger partial charge in [-0.2, -0.15) is 4.98 Å². The maximum absolute atomic E-state index is 12.5. The van der Waals surface area contributed by atoms with Gasteiger partial charge in [-0.05, 0) is 23.2 Å².